The van der Waals surface area contributed by atoms with Crippen molar-refractivity contribution < 1.29 is 19.2 Å². The summed E-state index contributed by atoms with van der Waals surface area (Å²) >= 11 is 5.26. The molecule has 5 N–H and O–H groups in total. The van der Waals surface area contributed by atoms with Gasteiger partial charge in [0.1, 0.15) is 11.9 Å². The van der Waals surface area contributed by atoms with Gasteiger partial charge in [0.15, 0.2) is 0 Å². The van der Waals surface area contributed by atoms with Crippen molar-refractivity contribution >= 4 is 41.8 Å². The lowest BCUT2D eigenvalue weighted by molar-refractivity contribution is -0.148. The van der Waals surface area contributed by atoms with Gasteiger partial charge < -0.3 is 15.9 Å². The minimum Gasteiger partial charge on any atom is -0.372 e. The zero-order chi connectivity index (χ0) is 12.7. The maximum absolute atomic E-state index is 11.2. The van der Waals surface area contributed by atoms with Crippen LogP contribution in [0, 0.1) is 5.92 Å². The van der Waals surface area contributed by atoms with Crippen molar-refractivity contribution in [1.82, 2.24) is 5.32 Å². The summed E-state index contributed by atoms with van der Waals surface area (Å²) < 4.78 is 0. The van der Waals surface area contributed by atoms with Gasteiger partial charge in [-0.15, -0.1) is 24.0 Å². The Balaban J connectivity index is 0. The van der Waals surface area contributed by atoms with Gasteiger partial charge in [0.2, 0.25) is 11.8 Å². The third kappa shape index (κ3) is 6.98. The molecule has 0 fully saturated rings. The molecule has 0 spiro atoms. The van der Waals surface area contributed by atoms with Crippen LogP contribution >= 0.6 is 24.0 Å². The highest BCUT2D eigenvalue weighted by atomic mass is 35.5. The second kappa shape index (κ2) is 9.03. The van der Waals surface area contributed by atoms with Crippen LogP contribution in [0.1, 0.15) is 13.3 Å². The minimum atomic E-state index is -1.03. The predicted molar refractivity (Wildman–Crippen MR) is 63.2 cm³/mol. The Labute approximate surface area is 110 Å². The number of nitrogens with one attached hydrogen (secondary N) is 1. The van der Waals surface area contributed by atoms with E-state index in [1.807, 2.05) is 0 Å². The van der Waals surface area contributed by atoms with Crippen molar-refractivity contribution in [2.45, 2.75) is 19.4 Å². The summed E-state index contributed by atoms with van der Waals surface area (Å²) in [6.45, 7) is 1.52. The fourth-order valence-corrected chi connectivity index (χ4v) is 1.08. The molecule has 0 radical (unpaired) electrons. The molecule has 0 aromatic rings. The van der Waals surface area contributed by atoms with Gasteiger partial charge in [-0.05, 0) is 6.42 Å². The van der Waals surface area contributed by atoms with Crippen LogP contribution in [0.25, 0.3) is 0 Å². The van der Waals surface area contributed by atoms with E-state index < -0.39 is 29.7 Å². The molecular formula is C8H15Cl2N3O4. The smallest absolute Gasteiger partial charge is 0.347 e. The van der Waals surface area contributed by atoms with E-state index in [2.05, 4.69) is 10.2 Å². The molecule has 0 bridgehead atoms. The Bertz CT molecular complexity index is 288. The van der Waals surface area contributed by atoms with Crippen LogP contribution in [0.2, 0.25) is 0 Å². The normalized spacial score (nSPS) is 12.9. The summed E-state index contributed by atoms with van der Waals surface area (Å²) in [6.07, 6.45) is 0.00793. The molecule has 0 saturated heterocycles. The van der Waals surface area contributed by atoms with Crippen molar-refractivity contribution in [3.63, 3.8) is 0 Å². The molecule has 9 heteroatoms. The molecule has 0 rings (SSSR count). The number of carbonyl (C=O) groups excluding carboxylic acids is 3. The van der Waals surface area contributed by atoms with Crippen molar-refractivity contribution in [3.05, 3.63) is 0 Å². The number of primary amides is 1. The second-order valence-electron chi connectivity index (χ2n) is 3.23. The maximum atomic E-state index is 11.2. The molecule has 7 nitrogen and oxygen atoms in total. The van der Waals surface area contributed by atoms with Crippen LogP contribution in [0.4, 0.5) is 0 Å². The zero-order valence-corrected chi connectivity index (χ0v) is 10.7. The topological polar surface area (TPSA) is 125 Å². The summed E-state index contributed by atoms with van der Waals surface area (Å²) in [7, 11) is 0. The number of halogens is 2. The Kier molecular flexibility index (Phi) is 9.73. The van der Waals surface area contributed by atoms with Crippen LogP contribution in [0.15, 0.2) is 0 Å². The van der Waals surface area contributed by atoms with Crippen LogP contribution in [-0.2, 0) is 19.2 Å². The molecule has 0 aliphatic heterocycles. The number of amides is 2. The van der Waals surface area contributed by atoms with Crippen LogP contribution in [0.5, 0.6) is 0 Å². The van der Waals surface area contributed by atoms with Gasteiger partial charge in [0.25, 0.3) is 0 Å². The van der Waals surface area contributed by atoms with Gasteiger partial charge in [-0.2, -0.15) is 5.90 Å². The van der Waals surface area contributed by atoms with E-state index in [-0.39, 0.29) is 24.7 Å². The average molecular weight is 288 g/mol. The summed E-state index contributed by atoms with van der Waals surface area (Å²) in [5.41, 5.74) is 5.03. The molecule has 2 amide bonds. The molecule has 100 valence electrons. The van der Waals surface area contributed by atoms with E-state index in [1.165, 1.54) is 6.92 Å². The third-order valence-corrected chi connectivity index (χ3v) is 2.17. The van der Waals surface area contributed by atoms with Crippen molar-refractivity contribution in [2.75, 3.05) is 5.88 Å². The monoisotopic (exact) mass is 287 g/mol. The average Bonchev–Trinajstić information content (AvgIpc) is 2.26. The molecule has 0 saturated carbocycles. The molecule has 0 aliphatic rings. The van der Waals surface area contributed by atoms with Gasteiger partial charge in [0, 0.05) is 5.92 Å². The number of alkyl halides is 1. The van der Waals surface area contributed by atoms with Gasteiger partial charge >= 0.3 is 5.97 Å². The first-order chi connectivity index (χ1) is 7.42. The maximum Gasteiger partial charge on any atom is 0.347 e. The molecule has 0 aromatic heterocycles. The van der Waals surface area contributed by atoms with Crippen molar-refractivity contribution in [3.8, 4) is 0 Å². The first-order valence-electron chi connectivity index (χ1n) is 4.47. The summed E-state index contributed by atoms with van der Waals surface area (Å²) in [4.78, 5) is 36.9. The van der Waals surface area contributed by atoms with Crippen molar-refractivity contribution in [1.29, 1.82) is 0 Å². The highest BCUT2D eigenvalue weighted by molar-refractivity contribution is 6.27. The standard InChI is InChI=1S/C8H14ClN3O4.ClH/c1-4(7(10)14)2-5(8(15)16-11)12-6(13)3-9;/h4-5H,2-3,11H2,1H3,(H2,10,14)(H,12,13);1H/t4?,5-;/m0./s1. The van der Waals surface area contributed by atoms with E-state index in [4.69, 9.17) is 23.2 Å². The van der Waals surface area contributed by atoms with Crippen LogP contribution < -0.4 is 16.9 Å². The molecule has 0 aliphatic carbocycles. The van der Waals surface area contributed by atoms with Gasteiger partial charge in [-0.1, -0.05) is 6.92 Å². The Morgan fingerprint density at radius 1 is 1.41 bits per heavy atom. The minimum absolute atomic E-state index is 0. The number of hydrogen-bond acceptors (Lipinski definition) is 5. The highest BCUT2D eigenvalue weighted by Crippen LogP contribution is 2.06. The summed E-state index contributed by atoms with van der Waals surface area (Å²) in [5.74, 6) is 1.78. The lowest BCUT2D eigenvalue weighted by atomic mass is 10.0. The predicted octanol–water partition coefficient (Wildman–Crippen LogP) is -0.940. The van der Waals surface area contributed by atoms with E-state index in [0.29, 0.717) is 0 Å². The first kappa shape index (κ1) is 18.3. The Morgan fingerprint density at radius 3 is 2.29 bits per heavy atom. The SMILES string of the molecule is CC(C[C@H](NC(=O)CCl)C(=O)ON)C(N)=O.Cl. The fraction of sp³-hybridized carbons (Fsp3) is 0.625. The van der Waals surface area contributed by atoms with E-state index >= 15 is 0 Å². The largest absolute Gasteiger partial charge is 0.372 e. The van der Waals surface area contributed by atoms with Crippen LogP contribution in [0.3, 0.4) is 0 Å². The van der Waals surface area contributed by atoms with Gasteiger partial charge in [0.05, 0.1) is 0 Å². The Hall–Kier alpha value is -1.05. The molecule has 17 heavy (non-hydrogen) atoms. The molecular weight excluding hydrogens is 273 g/mol. The summed E-state index contributed by atoms with van der Waals surface area (Å²) in [5, 5.41) is 2.27. The van der Waals surface area contributed by atoms with E-state index in [1.54, 1.807) is 0 Å². The van der Waals surface area contributed by atoms with Gasteiger partial charge in [-0.3, -0.25) is 9.59 Å². The lowest BCUT2D eigenvalue weighted by Gasteiger charge is -2.17. The molecule has 0 aromatic carbocycles. The van der Waals surface area contributed by atoms with E-state index in [9.17, 15) is 14.4 Å². The third-order valence-electron chi connectivity index (χ3n) is 1.93. The highest BCUT2D eigenvalue weighted by Gasteiger charge is 2.25. The molecule has 2 atom stereocenters. The zero-order valence-electron chi connectivity index (χ0n) is 9.14. The molecule has 1 unspecified atom stereocenters. The number of carbonyl (C=O) groups is 3. The van der Waals surface area contributed by atoms with Crippen LogP contribution in [-0.4, -0.2) is 29.7 Å². The second-order valence-corrected chi connectivity index (χ2v) is 3.50. The molecule has 0 heterocycles. The number of hydrogen-bond donors (Lipinski definition) is 3. The first-order valence-corrected chi connectivity index (χ1v) is 5.01. The lowest BCUT2D eigenvalue weighted by Crippen LogP contribution is -2.45. The quantitative estimate of drug-likeness (QED) is 0.430. The summed E-state index contributed by atoms with van der Waals surface area (Å²) in [6, 6.07) is -1.03. The van der Waals surface area contributed by atoms with Crippen molar-refractivity contribution in [2.24, 2.45) is 17.5 Å². The number of nitrogens with two attached hydrogens (primary N) is 2. The van der Waals surface area contributed by atoms with Gasteiger partial charge in [-0.25, -0.2) is 4.79 Å². The Morgan fingerprint density at radius 2 is 1.94 bits per heavy atom. The van der Waals surface area contributed by atoms with E-state index in [0.717, 1.165) is 0 Å². The number of rotatable bonds is 6. The fourth-order valence-electron chi connectivity index (χ4n) is 0.999.